The third kappa shape index (κ3) is 3.68. The number of thioether (sulfide) groups is 1. The molecule has 0 saturated carbocycles. The van der Waals surface area contributed by atoms with E-state index in [4.69, 9.17) is 11.6 Å². The first-order valence-electron chi connectivity index (χ1n) is 9.29. The molecule has 0 bridgehead atoms. The number of imide groups is 1. The van der Waals surface area contributed by atoms with Gasteiger partial charge < -0.3 is 4.57 Å². The normalized spacial score (nSPS) is 15.5. The second-order valence-corrected chi connectivity index (χ2v) is 8.37. The maximum Gasteiger partial charge on any atom is 0.293 e. The lowest BCUT2D eigenvalue weighted by atomic mass is 10.2. The van der Waals surface area contributed by atoms with Gasteiger partial charge in [-0.05, 0) is 67.6 Å². The molecule has 4 nitrogen and oxygen atoms in total. The monoisotopic (exact) mass is 440 g/mol. The highest BCUT2D eigenvalue weighted by molar-refractivity contribution is 8.18. The predicted molar refractivity (Wildman–Crippen MR) is 118 cm³/mol. The molecule has 1 saturated heterocycles. The zero-order valence-corrected chi connectivity index (χ0v) is 17.9. The molecule has 0 N–H and O–H groups in total. The Kier molecular flexibility index (Phi) is 5.54. The van der Waals surface area contributed by atoms with Crippen LogP contribution in [0, 0.1) is 19.7 Å². The number of halogens is 2. The van der Waals surface area contributed by atoms with Gasteiger partial charge >= 0.3 is 0 Å². The number of rotatable bonds is 4. The van der Waals surface area contributed by atoms with Crippen molar-refractivity contribution in [1.82, 2.24) is 9.47 Å². The summed E-state index contributed by atoms with van der Waals surface area (Å²) >= 11 is 6.91. The molecule has 152 valence electrons. The maximum absolute atomic E-state index is 14.1. The summed E-state index contributed by atoms with van der Waals surface area (Å²) in [6, 6.07) is 16.2. The minimum atomic E-state index is -0.545. The molecule has 0 radical (unpaired) electrons. The molecule has 1 aliphatic heterocycles. The van der Waals surface area contributed by atoms with Gasteiger partial charge in [-0.3, -0.25) is 14.5 Å². The molecule has 1 fully saturated rings. The maximum atomic E-state index is 14.1. The van der Waals surface area contributed by atoms with Gasteiger partial charge in [0, 0.05) is 27.7 Å². The van der Waals surface area contributed by atoms with Crippen molar-refractivity contribution in [3.63, 3.8) is 0 Å². The van der Waals surface area contributed by atoms with Crippen molar-refractivity contribution in [2.24, 2.45) is 0 Å². The van der Waals surface area contributed by atoms with Crippen LogP contribution in [-0.4, -0.2) is 20.6 Å². The van der Waals surface area contributed by atoms with E-state index >= 15 is 0 Å². The lowest BCUT2D eigenvalue weighted by molar-refractivity contribution is -0.123. The van der Waals surface area contributed by atoms with Gasteiger partial charge in [0.1, 0.15) is 5.82 Å². The van der Waals surface area contributed by atoms with Crippen LogP contribution in [-0.2, 0) is 11.3 Å². The van der Waals surface area contributed by atoms with Crippen LogP contribution in [0.15, 0.2) is 59.5 Å². The summed E-state index contributed by atoms with van der Waals surface area (Å²) in [5.74, 6) is -0.995. The summed E-state index contributed by atoms with van der Waals surface area (Å²) in [4.78, 5) is 26.6. The average Bonchev–Trinajstić information content (AvgIpc) is 3.14. The van der Waals surface area contributed by atoms with Gasteiger partial charge in [0.2, 0.25) is 0 Å². The minimum Gasteiger partial charge on any atom is -0.318 e. The van der Waals surface area contributed by atoms with Crippen LogP contribution in [0.4, 0.5) is 9.18 Å². The van der Waals surface area contributed by atoms with Gasteiger partial charge in [-0.25, -0.2) is 4.39 Å². The Bertz CT molecular complexity index is 1170. The topological polar surface area (TPSA) is 42.3 Å². The summed E-state index contributed by atoms with van der Waals surface area (Å²) in [5.41, 5.74) is 3.98. The van der Waals surface area contributed by atoms with E-state index in [1.54, 1.807) is 6.08 Å². The van der Waals surface area contributed by atoms with Gasteiger partial charge in [0.15, 0.2) is 0 Å². The van der Waals surface area contributed by atoms with Crippen LogP contribution >= 0.6 is 23.4 Å². The largest absolute Gasteiger partial charge is 0.318 e. The SMILES string of the molecule is Cc1cc(C=C2SC(=O)N(Cc3c(F)cccc3Cl)C2=O)c(C)n1-c1ccccc1. The second kappa shape index (κ2) is 8.13. The number of aryl methyl sites for hydroxylation is 1. The number of carbonyl (C=O) groups excluding carboxylic acids is 2. The van der Waals surface area contributed by atoms with Crippen molar-refractivity contribution in [1.29, 1.82) is 0 Å². The van der Waals surface area contributed by atoms with Gasteiger partial charge in [-0.2, -0.15) is 0 Å². The second-order valence-electron chi connectivity index (χ2n) is 6.97. The summed E-state index contributed by atoms with van der Waals surface area (Å²) < 4.78 is 16.2. The van der Waals surface area contributed by atoms with Crippen molar-refractivity contribution in [2.45, 2.75) is 20.4 Å². The standard InChI is InChI=1S/C23H18ClFN2O2S/c1-14-11-16(15(2)27(14)17-7-4-3-5-8-17)12-21-22(28)26(23(29)30-21)13-18-19(24)9-6-10-20(18)25/h3-12H,13H2,1-2H3. The molecule has 1 aliphatic rings. The summed E-state index contributed by atoms with van der Waals surface area (Å²) in [7, 11) is 0. The Hall–Kier alpha value is -2.83. The minimum absolute atomic E-state index is 0.130. The molecule has 30 heavy (non-hydrogen) atoms. The van der Waals surface area contributed by atoms with Crippen LogP contribution in [0.5, 0.6) is 0 Å². The molecule has 0 atom stereocenters. The highest BCUT2D eigenvalue weighted by atomic mass is 35.5. The molecule has 4 rings (SSSR count). The number of benzene rings is 2. The van der Waals surface area contributed by atoms with E-state index in [0.717, 1.165) is 39.3 Å². The van der Waals surface area contributed by atoms with E-state index in [1.807, 2.05) is 50.2 Å². The highest BCUT2D eigenvalue weighted by Gasteiger charge is 2.36. The molecule has 1 aromatic heterocycles. The van der Waals surface area contributed by atoms with Crippen LogP contribution in [0.25, 0.3) is 11.8 Å². The van der Waals surface area contributed by atoms with Gasteiger partial charge in [0.05, 0.1) is 11.4 Å². The van der Waals surface area contributed by atoms with E-state index in [9.17, 15) is 14.0 Å². The number of amides is 2. The molecule has 2 heterocycles. The summed E-state index contributed by atoms with van der Waals surface area (Å²) in [5, 5.41) is -0.258. The van der Waals surface area contributed by atoms with Gasteiger partial charge in [0.25, 0.3) is 11.1 Å². The first-order chi connectivity index (χ1) is 14.4. The van der Waals surface area contributed by atoms with E-state index in [1.165, 1.54) is 18.2 Å². The Labute approximate surface area is 182 Å². The van der Waals surface area contributed by atoms with Crippen molar-refractivity contribution in [3.8, 4) is 5.69 Å². The number of para-hydroxylation sites is 1. The number of hydrogen-bond donors (Lipinski definition) is 0. The first-order valence-corrected chi connectivity index (χ1v) is 10.5. The Balaban J connectivity index is 1.65. The first kappa shape index (κ1) is 20.4. The number of carbonyl (C=O) groups is 2. The molecular weight excluding hydrogens is 423 g/mol. The Morgan fingerprint density at radius 1 is 1.07 bits per heavy atom. The van der Waals surface area contributed by atoms with E-state index in [2.05, 4.69) is 4.57 Å². The molecule has 0 aliphatic carbocycles. The molecule has 0 spiro atoms. The van der Waals surface area contributed by atoms with Crippen molar-refractivity contribution < 1.29 is 14.0 Å². The fourth-order valence-electron chi connectivity index (χ4n) is 3.53. The highest BCUT2D eigenvalue weighted by Crippen LogP contribution is 2.35. The van der Waals surface area contributed by atoms with Crippen LogP contribution in [0.1, 0.15) is 22.5 Å². The van der Waals surface area contributed by atoms with Crippen molar-refractivity contribution in [2.75, 3.05) is 0 Å². The molecule has 0 unspecified atom stereocenters. The van der Waals surface area contributed by atoms with Crippen LogP contribution in [0.3, 0.4) is 0 Å². The molecule has 3 aromatic rings. The van der Waals surface area contributed by atoms with Crippen LogP contribution in [0.2, 0.25) is 5.02 Å². The molecular formula is C23H18ClFN2O2S. The zero-order chi connectivity index (χ0) is 21.4. The Morgan fingerprint density at radius 3 is 2.50 bits per heavy atom. The number of nitrogens with zero attached hydrogens (tertiary/aromatic N) is 2. The molecule has 2 aromatic carbocycles. The van der Waals surface area contributed by atoms with E-state index in [0.29, 0.717) is 4.91 Å². The Morgan fingerprint density at radius 2 is 1.80 bits per heavy atom. The number of aromatic nitrogens is 1. The smallest absolute Gasteiger partial charge is 0.293 e. The van der Waals surface area contributed by atoms with Gasteiger partial charge in [-0.1, -0.05) is 35.9 Å². The average molecular weight is 441 g/mol. The summed E-state index contributed by atoms with van der Waals surface area (Å²) in [6.45, 7) is 3.76. The number of hydrogen-bond acceptors (Lipinski definition) is 3. The fraction of sp³-hybridized carbons (Fsp3) is 0.130. The van der Waals surface area contributed by atoms with Crippen LogP contribution < -0.4 is 0 Å². The lowest BCUT2D eigenvalue weighted by Gasteiger charge is -2.14. The third-order valence-electron chi connectivity index (χ3n) is 5.02. The predicted octanol–water partition coefficient (Wildman–Crippen LogP) is 6.12. The summed E-state index contributed by atoms with van der Waals surface area (Å²) in [6.07, 6.45) is 1.72. The van der Waals surface area contributed by atoms with E-state index in [-0.39, 0.29) is 17.1 Å². The zero-order valence-electron chi connectivity index (χ0n) is 16.4. The fourth-order valence-corrected chi connectivity index (χ4v) is 4.58. The van der Waals surface area contributed by atoms with Gasteiger partial charge in [-0.15, -0.1) is 0 Å². The molecule has 7 heteroatoms. The van der Waals surface area contributed by atoms with Crippen molar-refractivity contribution >= 4 is 40.6 Å². The third-order valence-corrected chi connectivity index (χ3v) is 6.28. The lowest BCUT2D eigenvalue weighted by Crippen LogP contribution is -2.28. The quantitative estimate of drug-likeness (QED) is 0.459. The van der Waals surface area contributed by atoms with E-state index < -0.39 is 17.0 Å². The van der Waals surface area contributed by atoms with Crippen molar-refractivity contribution in [3.05, 3.63) is 92.9 Å². The molecule has 2 amide bonds.